The van der Waals surface area contributed by atoms with Crippen LogP contribution in [0.5, 0.6) is 0 Å². The van der Waals surface area contributed by atoms with Crippen molar-refractivity contribution in [3.8, 4) is 11.3 Å². The molecule has 0 spiro atoms. The lowest BCUT2D eigenvalue weighted by molar-refractivity contribution is -0.131. The summed E-state index contributed by atoms with van der Waals surface area (Å²) in [6.45, 7) is 0.547. The van der Waals surface area contributed by atoms with Crippen LogP contribution in [0.1, 0.15) is 16.8 Å². The number of rotatable bonds is 3. The van der Waals surface area contributed by atoms with Gasteiger partial charge in [0, 0.05) is 29.6 Å². The third-order valence-electron chi connectivity index (χ3n) is 5.59. The quantitative estimate of drug-likeness (QED) is 0.533. The molecule has 0 unspecified atom stereocenters. The fraction of sp³-hybridized carbons (Fsp3) is 0.174. The van der Waals surface area contributed by atoms with Crippen molar-refractivity contribution in [1.82, 2.24) is 19.5 Å². The first-order chi connectivity index (χ1) is 15.0. The van der Waals surface area contributed by atoms with E-state index in [1.807, 2.05) is 36.4 Å². The van der Waals surface area contributed by atoms with E-state index in [0.29, 0.717) is 29.9 Å². The molecule has 6 nitrogen and oxygen atoms in total. The van der Waals surface area contributed by atoms with E-state index in [9.17, 15) is 14.0 Å². The average Bonchev–Trinajstić information content (AvgIpc) is 3.21. The fourth-order valence-electron chi connectivity index (χ4n) is 3.92. The van der Waals surface area contributed by atoms with Crippen LogP contribution in [0.2, 0.25) is 5.02 Å². The molecular weight excluding hydrogens is 419 g/mol. The van der Waals surface area contributed by atoms with E-state index in [-0.39, 0.29) is 35.0 Å². The molecule has 1 amide bonds. The Kier molecular flexibility index (Phi) is 4.82. The number of aromatic nitrogens is 3. The van der Waals surface area contributed by atoms with Crippen molar-refractivity contribution in [3.63, 3.8) is 0 Å². The van der Waals surface area contributed by atoms with Crippen LogP contribution in [0.3, 0.4) is 0 Å². The number of H-pyrrole nitrogens is 1. The van der Waals surface area contributed by atoms with Crippen LogP contribution < -0.4 is 5.56 Å². The van der Waals surface area contributed by atoms with Crippen molar-refractivity contribution >= 4 is 23.2 Å². The number of fused-ring (bicyclic) bond motifs is 2. The summed E-state index contributed by atoms with van der Waals surface area (Å²) in [5.74, 6) is -0.792. The summed E-state index contributed by atoms with van der Waals surface area (Å²) < 4.78 is 15.5. The predicted molar refractivity (Wildman–Crippen MR) is 115 cm³/mol. The van der Waals surface area contributed by atoms with E-state index in [0.717, 1.165) is 11.3 Å². The second-order valence-corrected chi connectivity index (χ2v) is 7.92. The van der Waals surface area contributed by atoms with Crippen molar-refractivity contribution in [2.24, 2.45) is 0 Å². The molecule has 0 radical (unpaired) electrons. The van der Waals surface area contributed by atoms with Gasteiger partial charge in [-0.1, -0.05) is 48.0 Å². The van der Waals surface area contributed by atoms with Crippen LogP contribution in [0.25, 0.3) is 16.9 Å². The van der Waals surface area contributed by atoms with Gasteiger partial charge in [0.2, 0.25) is 5.91 Å². The number of hydrogen-bond donors (Lipinski definition) is 1. The van der Waals surface area contributed by atoms with Crippen LogP contribution in [-0.2, 0) is 24.2 Å². The van der Waals surface area contributed by atoms with Gasteiger partial charge in [0.15, 0.2) is 5.65 Å². The lowest BCUT2D eigenvalue weighted by Crippen LogP contribution is -2.41. The van der Waals surface area contributed by atoms with E-state index < -0.39 is 5.82 Å². The summed E-state index contributed by atoms with van der Waals surface area (Å²) in [6, 6.07) is 15.9. The highest BCUT2D eigenvalue weighted by molar-refractivity contribution is 6.31. The molecule has 1 N–H and O–H groups in total. The van der Waals surface area contributed by atoms with Crippen LogP contribution in [0.4, 0.5) is 4.39 Å². The highest BCUT2D eigenvalue weighted by Gasteiger charge is 2.26. The Balaban J connectivity index is 1.45. The summed E-state index contributed by atoms with van der Waals surface area (Å²) in [4.78, 5) is 32.1. The maximum Gasteiger partial charge on any atom is 0.277 e. The van der Waals surface area contributed by atoms with E-state index in [1.165, 1.54) is 16.6 Å². The van der Waals surface area contributed by atoms with Crippen LogP contribution in [0.15, 0.2) is 59.4 Å². The smallest absolute Gasteiger partial charge is 0.277 e. The number of carbonyl (C=O) groups is 1. The molecule has 156 valence electrons. The van der Waals surface area contributed by atoms with Gasteiger partial charge in [-0.25, -0.2) is 13.9 Å². The van der Waals surface area contributed by atoms with Crippen molar-refractivity contribution in [2.75, 3.05) is 6.54 Å². The molecule has 4 aromatic rings. The predicted octanol–water partition coefficient (Wildman–Crippen LogP) is 3.61. The van der Waals surface area contributed by atoms with Crippen molar-refractivity contribution in [1.29, 1.82) is 0 Å². The summed E-state index contributed by atoms with van der Waals surface area (Å²) in [6.07, 6.45) is 0.308. The number of amides is 1. The summed E-state index contributed by atoms with van der Waals surface area (Å²) in [7, 11) is 0. The van der Waals surface area contributed by atoms with E-state index in [1.54, 1.807) is 11.0 Å². The molecule has 2 aromatic heterocycles. The van der Waals surface area contributed by atoms with Gasteiger partial charge in [0.05, 0.1) is 29.9 Å². The largest absolute Gasteiger partial charge is 0.337 e. The van der Waals surface area contributed by atoms with E-state index >= 15 is 0 Å². The van der Waals surface area contributed by atoms with Crippen LogP contribution >= 0.6 is 11.6 Å². The average molecular weight is 437 g/mol. The monoisotopic (exact) mass is 436 g/mol. The van der Waals surface area contributed by atoms with Gasteiger partial charge in [0.25, 0.3) is 5.56 Å². The summed E-state index contributed by atoms with van der Waals surface area (Å²) in [5, 5.41) is 3.32. The van der Waals surface area contributed by atoms with E-state index in [2.05, 4.69) is 10.1 Å². The highest BCUT2D eigenvalue weighted by atomic mass is 35.5. The second kappa shape index (κ2) is 7.67. The minimum absolute atomic E-state index is 0.134. The molecule has 0 saturated heterocycles. The number of benzene rings is 2. The van der Waals surface area contributed by atoms with Gasteiger partial charge in [-0.15, -0.1) is 0 Å². The Morgan fingerprint density at radius 1 is 1.16 bits per heavy atom. The van der Waals surface area contributed by atoms with Crippen LogP contribution in [-0.4, -0.2) is 31.9 Å². The second-order valence-electron chi connectivity index (χ2n) is 7.51. The zero-order chi connectivity index (χ0) is 21.5. The molecular formula is C23H18ClFN4O2. The maximum atomic E-state index is 14.1. The van der Waals surface area contributed by atoms with Crippen LogP contribution in [0, 0.1) is 5.82 Å². The third kappa shape index (κ3) is 3.51. The summed E-state index contributed by atoms with van der Waals surface area (Å²) in [5.41, 5.74) is 3.37. The molecule has 0 bridgehead atoms. The molecule has 5 rings (SSSR count). The molecule has 0 saturated carbocycles. The standard InChI is InChI=1S/C23H18ClFN4O2/c24-17-7-4-8-18(25)15(17)11-22(30)28-10-9-19-16(13-28)23(31)29-21(26-19)12-20(27-29)14-5-2-1-3-6-14/h1-8,12,27H,9-11,13H2. The zero-order valence-electron chi connectivity index (χ0n) is 16.4. The lowest BCUT2D eigenvalue weighted by Gasteiger charge is -2.28. The Labute approximate surface area is 181 Å². The van der Waals surface area contributed by atoms with Gasteiger partial charge >= 0.3 is 0 Å². The van der Waals surface area contributed by atoms with Gasteiger partial charge < -0.3 is 4.90 Å². The SMILES string of the molecule is O=C(Cc1c(F)cccc1Cl)N1CCc2nc3cc(-c4ccccc4)[nH]n3c(=O)c2C1. The lowest BCUT2D eigenvalue weighted by atomic mass is 10.0. The minimum Gasteiger partial charge on any atom is -0.337 e. The number of halogens is 2. The molecule has 1 aliphatic rings. The fourth-order valence-corrected chi connectivity index (χ4v) is 4.15. The number of aromatic amines is 1. The molecule has 3 heterocycles. The number of hydrogen-bond acceptors (Lipinski definition) is 3. The number of nitrogens with one attached hydrogen (secondary N) is 1. The first-order valence-electron chi connectivity index (χ1n) is 9.91. The molecule has 0 aliphatic carbocycles. The zero-order valence-corrected chi connectivity index (χ0v) is 17.2. The van der Waals surface area contributed by atoms with Gasteiger partial charge in [-0.05, 0) is 17.7 Å². The molecule has 8 heteroatoms. The first-order valence-corrected chi connectivity index (χ1v) is 10.3. The van der Waals surface area contributed by atoms with Gasteiger partial charge in [0.1, 0.15) is 5.82 Å². The van der Waals surface area contributed by atoms with Gasteiger partial charge in [-0.3, -0.25) is 14.7 Å². The highest BCUT2D eigenvalue weighted by Crippen LogP contribution is 2.23. The Bertz CT molecular complexity index is 1340. The Hall–Kier alpha value is -3.45. The van der Waals surface area contributed by atoms with Crippen molar-refractivity contribution in [2.45, 2.75) is 19.4 Å². The normalized spacial score (nSPS) is 13.4. The number of nitrogens with zero attached hydrogens (tertiary/aromatic N) is 3. The molecule has 31 heavy (non-hydrogen) atoms. The first kappa shape index (κ1) is 19.5. The molecule has 0 atom stereocenters. The minimum atomic E-state index is -0.512. The molecule has 1 aliphatic heterocycles. The van der Waals surface area contributed by atoms with Gasteiger partial charge in [-0.2, -0.15) is 0 Å². The molecule has 0 fully saturated rings. The topological polar surface area (TPSA) is 70.5 Å². The summed E-state index contributed by atoms with van der Waals surface area (Å²) >= 11 is 6.06. The third-order valence-corrected chi connectivity index (χ3v) is 5.94. The molecule has 2 aromatic carbocycles. The number of carbonyl (C=O) groups excluding carboxylic acids is 1. The Morgan fingerprint density at radius 2 is 1.97 bits per heavy atom. The van der Waals surface area contributed by atoms with E-state index in [4.69, 9.17) is 11.6 Å². The Morgan fingerprint density at radius 3 is 2.74 bits per heavy atom. The maximum absolute atomic E-state index is 14.1. The van der Waals surface area contributed by atoms with Crippen molar-refractivity contribution in [3.05, 3.63) is 92.6 Å². The van der Waals surface area contributed by atoms with Crippen molar-refractivity contribution < 1.29 is 9.18 Å².